The number of halogens is 1. The number of aryl methyl sites for hydroxylation is 1. The van der Waals surface area contributed by atoms with Gasteiger partial charge in [0.2, 0.25) is 5.13 Å². The van der Waals surface area contributed by atoms with Crippen molar-refractivity contribution in [1.82, 2.24) is 10.2 Å². The predicted octanol–water partition coefficient (Wildman–Crippen LogP) is 7.85. The van der Waals surface area contributed by atoms with Gasteiger partial charge in [-0.05, 0) is 59.0 Å². The maximum Gasteiger partial charge on any atom is 0.301 e. The molecular formula is C34H28FN3O4S2. The minimum absolute atomic E-state index is 0.0996. The highest BCUT2D eigenvalue weighted by molar-refractivity contribution is 8.00. The van der Waals surface area contributed by atoms with E-state index in [4.69, 9.17) is 4.74 Å². The molecule has 0 radical (unpaired) electrons. The van der Waals surface area contributed by atoms with Gasteiger partial charge in [0.05, 0.1) is 18.2 Å². The molecule has 1 aliphatic heterocycles. The number of hydrogen-bond donors (Lipinski definition) is 1. The number of ether oxygens (including phenoxy) is 1. The number of Topliss-reactive ketones (excluding diaryl/α,β-unsaturated/α-hetero) is 1. The Balaban J connectivity index is 1.37. The van der Waals surface area contributed by atoms with E-state index in [1.165, 1.54) is 40.1 Å². The zero-order valence-electron chi connectivity index (χ0n) is 24.0. The van der Waals surface area contributed by atoms with Gasteiger partial charge < -0.3 is 9.84 Å². The summed E-state index contributed by atoms with van der Waals surface area (Å²) in [4.78, 5) is 28.3. The van der Waals surface area contributed by atoms with Crippen molar-refractivity contribution < 1.29 is 23.8 Å². The summed E-state index contributed by atoms with van der Waals surface area (Å²) in [6, 6.07) is 24.5. The third kappa shape index (κ3) is 5.70. The van der Waals surface area contributed by atoms with Crippen LogP contribution in [0, 0.1) is 12.7 Å². The summed E-state index contributed by atoms with van der Waals surface area (Å²) in [6.45, 7) is 4.15. The van der Waals surface area contributed by atoms with Crippen LogP contribution in [0.15, 0.2) is 94.8 Å². The molecule has 1 aromatic heterocycles. The number of aliphatic hydroxyl groups excluding tert-OH is 1. The molecule has 0 saturated carbocycles. The van der Waals surface area contributed by atoms with E-state index in [1.807, 2.05) is 25.1 Å². The first-order valence-electron chi connectivity index (χ1n) is 14.1. The molecular weight excluding hydrogens is 598 g/mol. The normalized spacial score (nSPS) is 16.2. The van der Waals surface area contributed by atoms with Crippen molar-refractivity contribution in [2.45, 2.75) is 36.4 Å². The molecule has 1 saturated heterocycles. The number of anilines is 1. The van der Waals surface area contributed by atoms with Crippen LogP contribution in [0.25, 0.3) is 16.5 Å². The monoisotopic (exact) mass is 625 g/mol. The third-order valence-electron chi connectivity index (χ3n) is 7.39. The second-order valence-electron chi connectivity index (χ2n) is 10.3. The first kappa shape index (κ1) is 29.5. The Morgan fingerprint density at radius 3 is 2.57 bits per heavy atom. The van der Waals surface area contributed by atoms with E-state index in [2.05, 4.69) is 34.5 Å². The fourth-order valence-corrected chi connectivity index (χ4v) is 6.99. The van der Waals surface area contributed by atoms with Gasteiger partial charge in [-0.1, -0.05) is 96.8 Å². The second-order valence-corrected chi connectivity index (χ2v) is 12.5. The van der Waals surface area contributed by atoms with Crippen molar-refractivity contribution in [1.29, 1.82) is 0 Å². The summed E-state index contributed by atoms with van der Waals surface area (Å²) in [5, 5.41) is 22.5. The predicted molar refractivity (Wildman–Crippen MR) is 172 cm³/mol. The Hall–Kier alpha value is -4.54. The molecule has 1 aliphatic rings. The molecule has 1 N–H and O–H groups in total. The summed E-state index contributed by atoms with van der Waals surface area (Å²) in [6.07, 6.45) is 0.840. The minimum Gasteiger partial charge on any atom is -0.507 e. The van der Waals surface area contributed by atoms with Crippen LogP contribution in [-0.4, -0.2) is 33.6 Å². The topological polar surface area (TPSA) is 92.6 Å². The van der Waals surface area contributed by atoms with Crippen LogP contribution in [0.5, 0.6) is 5.75 Å². The Morgan fingerprint density at radius 2 is 1.80 bits per heavy atom. The van der Waals surface area contributed by atoms with Crippen molar-refractivity contribution in [3.8, 4) is 5.75 Å². The Morgan fingerprint density at radius 1 is 1.02 bits per heavy atom. The number of hydrogen-bond acceptors (Lipinski definition) is 8. The maximum absolute atomic E-state index is 14.5. The first-order valence-corrected chi connectivity index (χ1v) is 15.9. The van der Waals surface area contributed by atoms with Crippen LogP contribution >= 0.6 is 23.1 Å². The average molecular weight is 626 g/mol. The number of fused-ring (bicyclic) bond motifs is 1. The van der Waals surface area contributed by atoms with Crippen LogP contribution in [0.3, 0.4) is 0 Å². The SMILES string of the molecule is CCCOc1ccc(C2/C(=C(\O)c3ccc(C)c(F)c3)C(=O)C(=O)N2c2nnc(SCc3cccc4ccccc34)s2)cc1. The summed E-state index contributed by atoms with van der Waals surface area (Å²) in [5.41, 5.74) is 2.04. The Labute approximate surface area is 262 Å². The summed E-state index contributed by atoms with van der Waals surface area (Å²) >= 11 is 2.68. The van der Waals surface area contributed by atoms with Crippen molar-refractivity contribution in [3.63, 3.8) is 0 Å². The highest BCUT2D eigenvalue weighted by Crippen LogP contribution is 2.44. The van der Waals surface area contributed by atoms with Crippen LogP contribution in [0.4, 0.5) is 9.52 Å². The average Bonchev–Trinajstić information content (AvgIpc) is 3.61. The molecule has 2 heterocycles. The van der Waals surface area contributed by atoms with Gasteiger partial charge in [-0.2, -0.15) is 0 Å². The number of benzene rings is 4. The van der Waals surface area contributed by atoms with Gasteiger partial charge in [-0.15, -0.1) is 10.2 Å². The number of ketones is 1. The van der Waals surface area contributed by atoms with Crippen LogP contribution in [-0.2, 0) is 15.3 Å². The number of rotatable bonds is 9. The number of amides is 1. The molecule has 0 aliphatic carbocycles. The lowest BCUT2D eigenvalue weighted by molar-refractivity contribution is -0.132. The summed E-state index contributed by atoms with van der Waals surface area (Å²) < 4.78 is 20.8. The molecule has 7 nitrogen and oxygen atoms in total. The smallest absolute Gasteiger partial charge is 0.301 e. The number of aromatic nitrogens is 2. The Kier molecular flexibility index (Phi) is 8.45. The van der Waals surface area contributed by atoms with Gasteiger partial charge in [0.25, 0.3) is 5.78 Å². The molecule has 44 heavy (non-hydrogen) atoms. The standard InChI is InChI=1S/C34H28FN3O4S2/c1-3-17-42-25-15-13-22(14-16-25)29-28(30(39)23-12-11-20(2)27(35)18-23)31(40)32(41)38(29)33-36-37-34(44-33)43-19-24-9-6-8-21-7-4-5-10-26(21)24/h4-16,18,29,39H,3,17,19H2,1-2H3/b30-28+. The summed E-state index contributed by atoms with van der Waals surface area (Å²) in [5.74, 6) is -1.46. The lowest BCUT2D eigenvalue weighted by Crippen LogP contribution is -2.29. The number of aliphatic hydroxyl groups is 1. The van der Waals surface area contributed by atoms with E-state index in [1.54, 1.807) is 31.2 Å². The molecule has 0 spiro atoms. The van der Waals surface area contributed by atoms with Crippen molar-refractivity contribution in [3.05, 3.63) is 119 Å². The lowest BCUT2D eigenvalue weighted by Gasteiger charge is -2.22. The van der Waals surface area contributed by atoms with Crippen LogP contribution in [0.1, 0.15) is 41.6 Å². The molecule has 5 aromatic rings. The number of nitrogens with zero attached hydrogens (tertiary/aromatic N) is 3. The van der Waals surface area contributed by atoms with Gasteiger partial charge >= 0.3 is 5.91 Å². The quantitative estimate of drug-likeness (QED) is 0.0586. The molecule has 1 amide bonds. The lowest BCUT2D eigenvalue weighted by atomic mass is 9.95. The zero-order chi connectivity index (χ0) is 30.8. The van der Waals surface area contributed by atoms with Gasteiger partial charge in [0.1, 0.15) is 17.3 Å². The van der Waals surface area contributed by atoms with Gasteiger partial charge in [0, 0.05) is 11.3 Å². The highest BCUT2D eigenvalue weighted by Gasteiger charge is 2.48. The number of carbonyl (C=O) groups is 2. The van der Waals surface area contributed by atoms with Crippen molar-refractivity contribution >= 4 is 56.5 Å². The maximum atomic E-state index is 14.5. The highest BCUT2D eigenvalue weighted by atomic mass is 32.2. The molecule has 0 bridgehead atoms. The molecule has 10 heteroatoms. The Bertz CT molecular complexity index is 1900. The second kappa shape index (κ2) is 12.6. The molecule has 222 valence electrons. The number of carbonyl (C=O) groups excluding carboxylic acids is 2. The minimum atomic E-state index is -1.01. The summed E-state index contributed by atoms with van der Waals surface area (Å²) in [7, 11) is 0. The molecule has 1 atom stereocenters. The largest absolute Gasteiger partial charge is 0.507 e. The third-order valence-corrected chi connectivity index (χ3v) is 9.50. The van der Waals surface area contributed by atoms with E-state index < -0.39 is 29.3 Å². The van der Waals surface area contributed by atoms with Crippen LogP contribution in [0.2, 0.25) is 0 Å². The van der Waals surface area contributed by atoms with Gasteiger partial charge in [0.15, 0.2) is 4.34 Å². The van der Waals surface area contributed by atoms with Crippen molar-refractivity contribution in [2.24, 2.45) is 0 Å². The van der Waals surface area contributed by atoms with E-state index in [9.17, 15) is 19.1 Å². The van der Waals surface area contributed by atoms with E-state index >= 15 is 0 Å². The van der Waals surface area contributed by atoms with Gasteiger partial charge in [-0.25, -0.2) is 4.39 Å². The fourth-order valence-electron chi connectivity index (χ4n) is 5.12. The van der Waals surface area contributed by atoms with E-state index in [-0.39, 0.29) is 16.3 Å². The zero-order valence-corrected chi connectivity index (χ0v) is 25.6. The van der Waals surface area contributed by atoms with Crippen molar-refractivity contribution in [2.75, 3.05) is 11.5 Å². The van der Waals surface area contributed by atoms with E-state index in [0.717, 1.165) is 28.8 Å². The fraction of sp³-hybridized carbons (Fsp3) is 0.176. The first-order chi connectivity index (χ1) is 21.4. The molecule has 4 aromatic carbocycles. The van der Waals surface area contributed by atoms with E-state index in [0.29, 0.717) is 33.6 Å². The number of thioether (sulfide) groups is 1. The molecule has 6 rings (SSSR count). The molecule has 1 fully saturated rings. The van der Waals surface area contributed by atoms with Crippen LogP contribution < -0.4 is 9.64 Å². The van der Waals surface area contributed by atoms with Gasteiger partial charge in [-0.3, -0.25) is 14.5 Å². The molecule has 1 unspecified atom stereocenters.